The maximum atomic E-state index is 5.87. The summed E-state index contributed by atoms with van der Waals surface area (Å²) >= 11 is 0. The Morgan fingerprint density at radius 3 is 2.40 bits per heavy atom. The smallest absolute Gasteiger partial charge is 0.0547 e. The van der Waals surface area contributed by atoms with Crippen LogP contribution < -0.4 is 5.73 Å². The Balaban J connectivity index is 1.88. The van der Waals surface area contributed by atoms with Crippen LogP contribution in [0.1, 0.15) is 51.9 Å². The van der Waals surface area contributed by atoms with E-state index in [0.717, 1.165) is 19.1 Å². The van der Waals surface area contributed by atoms with Gasteiger partial charge in [0, 0.05) is 11.5 Å². The van der Waals surface area contributed by atoms with E-state index in [0.29, 0.717) is 11.5 Å². The third-order valence-electron chi connectivity index (χ3n) is 4.35. The van der Waals surface area contributed by atoms with Crippen molar-refractivity contribution in [3.8, 4) is 0 Å². The molecular weight excluding hydrogens is 186 g/mol. The van der Waals surface area contributed by atoms with Crippen LogP contribution >= 0.6 is 0 Å². The Labute approximate surface area is 93.6 Å². The molecule has 88 valence electrons. The Hall–Kier alpha value is -0.0800. The summed E-state index contributed by atoms with van der Waals surface area (Å²) in [6, 6.07) is 0.353. The van der Waals surface area contributed by atoms with E-state index in [2.05, 4.69) is 6.92 Å². The largest absolute Gasteiger partial charge is 0.380 e. The monoisotopic (exact) mass is 211 g/mol. The van der Waals surface area contributed by atoms with Crippen LogP contribution in [-0.4, -0.2) is 19.3 Å². The van der Waals surface area contributed by atoms with Crippen molar-refractivity contribution < 1.29 is 4.74 Å². The lowest BCUT2D eigenvalue weighted by Gasteiger charge is -2.49. The molecular formula is C13H25NO. The van der Waals surface area contributed by atoms with E-state index in [4.69, 9.17) is 10.5 Å². The van der Waals surface area contributed by atoms with Crippen molar-refractivity contribution in [2.45, 2.75) is 57.9 Å². The fourth-order valence-electron chi connectivity index (χ4n) is 3.18. The van der Waals surface area contributed by atoms with E-state index in [1.807, 2.05) is 0 Å². The number of ether oxygens (including phenoxy) is 1. The average Bonchev–Trinajstić information content (AvgIpc) is 2.17. The first-order valence-corrected chi connectivity index (χ1v) is 6.56. The summed E-state index contributed by atoms with van der Waals surface area (Å²) in [6.07, 6.45) is 9.63. The second kappa shape index (κ2) is 4.84. The van der Waals surface area contributed by atoms with Gasteiger partial charge in [0.1, 0.15) is 0 Å². The molecule has 2 aliphatic rings. The minimum absolute atomic E-state index is 0.353. The minimum atomic E-state index is 0.353. The highest BCUT2D eigenvalue weighted by molar-refractivity contribution is 4.93. The van der Waals surface area contributed by atoms with Crippen LogP contribution in [-0.2, 0) is 4.74 Å². The Morgan fingerprint density at radius 2 is 1.93 bits per heavy atom. The molecule has 0 spiro atoms. The first-order valence-electron chi connectivity index (χ1n) is 6.56. The lowest BCUT2D eigenvalue weighted by Crippen LogP contribution is -2.49. The first-order chi connectivity index (χ1) is 7.23. The van der Waals surface area contributed by atoms with Gasteiger partial charge in [-0.25, -0.2) is 0 Å². The Kier molecular flexibility index (Phi) is 3.68. The summed E-state index contributed by atoms with van der Waals surface area (Å²) in [6.45, 7) is 4.13. The summed E-state index contributed by atoms with van der Waals surface area (Å²) in [5.74, 6) is 0.929. The fourth-order valence-corrected chi connectivity index (χ4v) is 3.18. The zero-order valence-corrected chi connectivity index (χ0v) is 10.0. The minimum Gasteiger partial charge on any atom is -0.380 e. The van der Waals surface area contributed by atoms with Gasteiger partial charge in [-0.05, 0) is 38.5 Å². The Bertz CT molecular complexity index is 193. The van der Waals surface area contributed by atoms with Gasteiger partial charge in [0.05, 0.1) is 13.2 Å². The molecule has 2 fully saturated rings. The van der Waals surface area contributed by atoms with Gasteiger partial charge in [-0.1, -0.05) is 19.3 Å². The van der Waals surface area contributed by atoms with Crippen molar-refractivity contribution in [3.63, 3.8) is 0 Å². The molecule has 2 rings (SSSR count). The van der Waals surface area contributed by atoms with Crippen LogP contribution in [0.4, 0.5) is 0 Å². The highest BCUT2D eigenvalue weighted by atomic mass is 16.5. The highest BCUT2D eigenvalue weighted by Crippen LogP contribution is 2.46. The van der Waals surface area contributed by atoms with Gasteiger partial charge in [0.2, 0.25) is 0 Å². The summed E-state index contributed by atoms with van der Waals surface area (Å²) in [5.41, 5.74) is 6.39. The van der Waals surface area contributed by atoms with E-state index in [1.165, 1.54) is 44.9 Å². The van der Waals surface area contributed by atoms with Crippen molar-refractivity contribution in [1.82, 2.24) is 0 Å². The quantitative estimate of drug-likeness (QED) is 0.776. The highest BCUT2D eigenvalue weighted by Gasteiger charge is 2.44. The van der Waals surface area contributed by atoms with Crippen LogP contribution in [0.25, 0.3) is 0 Å². The lowest BCUT2D eigenvalue weighted by molar-refractivity contribution is -0.157. The average molecular weight is 211 g/mol. The van der Waals surface area contributed by atoms with Gasteiger partial charge in [-0.3, -0.25) is 0 Å². The van der Waals surface area contributed by atoms with Crippen LogP contribution in [0.5, 0.6) is 0 Å². The molecule has 1 aliphatic carbocycles. The third kappa shape index (κ3) is 2.54. The molecule has 0 aromatic heterocycles. The molecule has 1 saturated heterocycles. The van der Waals surface area contributed by atoms with Crippen molar-refractivity contribution >= 4 is 0 Å². The molecule has 1 heterocycles. The topological polar surface area (TPSA) is 35.2 Å². The van der Waals surface area contributed by atoms with Crippen LogP contribution in [0.2, 0.25) is 0 Å². The van der Waals surface area contributed by atoms with Crippen molar-refractivity contribution in [2.24, 2.45) is 17.1 Å². The number of nitrogens with two attached hydrogens (primary N) is 1. The van der Waals surface area contributed by atoms with Crippen LogP contribution in [0.3, 0.4) is 0 Å². The standard InChI is InChI=1S/C13H25NO/c1-11(14)7-8-13(9-15-10-13)12-5-3-2-4-6-12/h11-12H,2-10,14H2,1H3. The van der Waals surface area contributed by atoms with E-state index in [-0.39, 0.29) is 0 Å². The first kappa shape index (κ1) is 11.4. The van der Waals surface area contributed by atoms with E-state index >= 15 is 0 Å². The van der Waals surface area contributed by atoms with Crippen LogP contribution in [0, 0.1) is 11.3 Å². The summed E-state index contributed by atoms with van der Waals surface area (Å²) in [7, 11) is 0. The van der Waals surface area contributed by atoms with Crippen molar-refractivity contribution in [1.29, 1.82) is 0 Å². The van der Waals surface area contributed by atoms with Crippen molar-refractivity contribution in [3.05, 3.63) is 0 Å². The van der Waals surface area contributed by atoms with Gasteiger partial charge in [-0.2, -0.15) is 0 Å². The maximum Gasteiger partial charge on any atom is 0.0547 e. The maximum absolute atomic E-state index is 5.87. The van der Waals surface area contributed by atoms with E-state index in [9.17, 15) is 0 Å². The summed E-state index contributed by atoms with van der Waals surface area (Å²) in [4.78, 5) is 0. The zero-order valence-electron chi connectivity index (χ0n) is 10.0. The number of rotatable bonds is 4. The molecule has 2 N–H and O–H groups in total. The molecule has 1 atom stereocenters. The molecule has 1 saturated carbocycles. The third-order valence-corrected chi connectivity index (χ3v) is 4.35. The molecule has 0 radical (unpaired) electrons. The van der Waals surface area contributed by atoms with Gasteiger partial charge in [0.25, 0.3) is 0 Å². The molecule has 0 aromatic carbocycles. The second-order valence-corrected chi connectivity index (χ2v) is 5.71. The Morgan fingerprint density at radius 1 is 1.27 bits per heavy atom. The molecule has 0 aromatic rings. The lowest BCUT2D eigenvalue weighted by atomic mass is 9.65. The van der Waals surface area contributed by atoms with Gasteiger partial charge < -0.3 is 10.5 Å². The van der Waals surface area contributed by atoms with Crippen molar-refractivity contribution in [2.75, 3.05) is 13.2 Å². The molecule has 2 heteroatoms. The van der Waals surface area contributed by atoms with Crippen LogP contribution in [0.15, 0.2) is 0 Å². The van der Waals surface area contributed by atoms with E-state index in [1.54, 1.807) is 0 Å². The molecule has 15 heavy (non-hydrogen) atoms. The molecule has 1 unspecified atom stereocenters. The van der Waals surface area contributed by atoms with E-state index < -0.39 is 0 Å². The van der Waals surface area contributed by atoms with Gasteiger partial charge in [0.15, 0.2) is 0 Å². The summed E-state index contributed by atoms with van der Waals surface area (Å²) in [5, 5.41) is 0. The predicted molar refractivity (Wildman–Crippen MR) is 62.7 cm³/mol. The fraction of sp³-hybridized carbons (Fsp3) is 1.00. The zero-order chi connectivity index (χ0) is 10.7. The number of hydrogen-bond donors (Lipinski definition) is 1. The summed E-state index contributed by atoms with van der Waals surface area (Å²) < 4.78 is 5.48. The molecule has 0 bridgehead atoms. The predicted octanol–water partition coefficient (Wildman–Crippen LogP) is 2.71. The van der Waals surface area contributed by atoms with Gasteiger partial charge in [-0.15, -0.1) is 0 Å². The molecule has 0 amide bonds. The molecule has 2 nitrogen and oxygen atoms in total. The molecule has 1 aliphatic heterocycles. The van der Waals surface area contributed by atoms with Gasteiger partial charge >= 0.3 is 0 Å². The number of hydrogen-bond acceptors (Lipinski definition) is 2. The normalized spacial score (nSPS) is 28.4. The SMILES string of the molecule is CC(N)CCC1(C2CCCCC2)COC1. The second-order valence-electron chi connectivity index (χ2n) is 5.71.